The summed E-state index contributed by atoms with van der Waals surface area (Å²) in [5, 5.41) is 6.52. The smallest absolute Gasteiger partial charge is 0.258 e. The van der Waals surface area contributed by atoms with Gasteiger partial charge in [0.1, 0.15) is 0 Å². The van der Waals surface area contributed by atoms with Crippen LogP contribution in [0, 0.1) is 0 Å². The molecule has 1 amide bonds. The highest BCUT2D eigenvalue weighted by Crippen LogP contribution is 2.29. The fourth-order valence-electron chi connectivity index (χ4n) is 3.26. The van der Waals surface area contributed by atoms with Gasteiger partial charge in [-0.3, -0.25) is 4.79 Å². The molecule has 0 bridgehead atoms. The van der Waals surface area contributed by atoms with Crippen LogP contribution in [0.4, 0.5) is 11.4 Å². The summed E-state index contributed by atoms with van der Waals surface area (Å²) in [6.45, 7) is 0. The van der Waals surface area contributed by atoms with Gasteiger partial charge < -0.3 is 10.6 Å². The quantitative estimate of drug-likeness (QED) is 0.299. The van der Waals surface area contributed by atoms with E-state index in [1.54, 1.807) is 0 Å². The molecule has 0 radical (unpaired) electrons. The van der Waals surface area contributed by atoms with Crippen LogP contribution in [0.5, 0.6) is 0 Å². The van der Waals surface area contributed by atoms with Gasteiger partial charge in [0.05, 0.1) is 11.3 Å². The predicted molar refractivity (Wildman–Crippen MR) is 125 cm³/mol. The van der Waals surface area contributed by atoms with Gasteiger partial charge in [-0.1, -0.05) is 97.1 Å². The Labute approximate surface area is 176 Å². The fraction of sp³-hybridized carbons (Fsp3) is 0. The van der Waals surface area contributed by atoms with Crippen LogP contribution in [-0.2, 0) is 4.79 Å². The minimum atomic E-state index is -0.172. The topological polar surface area (TPSA) is 41.1 Å². The Hall–Kier alpha value is -4.11. The third-order valence-electron chi connectivity index (χ3n) is 4.68. The zero-order chi connectivity index (χ0) is 20.6. The van der Waals surface area contributed by atoms with Gasteiger partial charge in [0.25, 0.3) is 5.91 Å². The molecular formula is C27H22N2O. The number of hydrogen-bond donors (Lipinski definition) is 2. The van der Waals surface area contributed by atoms with Gasteiger partial charge in [-0.15, -0.1) is 0 Å². The molecule has 4 aromatic rings. The summed E-state index contributed by atoms with van der Waals surface area (Å²) in [4.78, 5) is 13.5. The Kier molecular flexibility index (Phi) is 6.02. The highest BCUT2D eigenvalue weighted by molar-refractivity contribution is 6.32. The standard InChI is InChI=1S/C27H22N2O/c30-27(29-24-19-11-4-12-20-24)25(21-13-5-1-6-14-21)26(22-15-7-2-8-16-22)28-23-17-9-3-10-18-23/h1-20,28H,(H,29,30)/b26-25+. The molecule has 2 N–H and O–H groups in total. The zero-order valence-corrected chi connectivity index (χ0v) is 16.5. The maximum atomic E-state index is 13.5. The molecule has 0 atom stereocenters. The first-order valence-electron chi connectivity index (χ1n) is 9.85. The summed E-state index contributed by atoms with van der Waals surface area (Å²) in [6, 6.07) is 39.0. The number of benzene rings is 4. The average Bonchev–Trinajstić information content (AvgIpc) is 2.81. The lowest BCUT2D eigenvalue weighted by atomic mass is 9.98. The van der Waals surface area contributed by atoms with Crippen molar-refractivity contribution >= 4 is 28.6 Å². The fourth-order valence-corrected chi connectivity index (χ4v) is 3.26. The SMILES string of the molecule is O=C(Nc1ccccc1)/C(=C(/Nc1ccccc1)c1ccccc1)c1ccccc1. The van der Waals surface area contributed by atoms with Crippen molar-refractivity contribution in [2.75, 3.05) is 10.6 Å². The number of anilines is 2. The van der Waals surface area contributed by atoms with Crippen LogP contribution in [-0.4, -0.2) is 5.91 Å². The van der Waals surface area contributed by atoms with E-state index in [-0.39, 0.29) is 5.91 Å². The number of rotatable bonds is 6. The summed E-state index contributed by atoms with van der Waals surface area (Å²) >= 11 is 0. The van der Waals surface area contributed by atoms with Crippen molar-refractivity contribution in [3.05, 3.63) is 132 Å². The highest BCUT2D eigenvalue weighted by Gasteiger charge is 2.19. The number of carbonyl (C=O) groups excluding carboxylic acids is 1. The first-order chi connectivity index (χ1) is 14.8. The van der Waals surface area contributed by atoms with Gasteiger partial charge in [0.2, 0.25) is 0 Å². The van der Waals surface area contributed by atoms with Crippen molar-refractivity contribution < 1.29 is 4.79 Å². The molecule has 0 aromatic heterocycles. The first kappa shape index (κ1) is 19.2. The van der Waals surface area contributed by atoms with E-state index in [0.717, 1.165) is 28.2 Å². The van der Waals surface area contributed by atoms with Crippen LogP contribution in [0.15, 0.2) is 121 Å². The highest BCUT2D eigenvalue weighted by atomic mass is 16.1. The molecule has 0 spiro atoms. The van der Waals surface area contributed by atoms with Crippen molar-refractivity contribution in [2.24, 2.45) is 0 Å². The maximum Gasteiger partial charge on any atom is 0.258 e. The Morgan fingerprint density at radius 3 is 1.37 bits per heavy atom. The minimum Gasteiger partial charge on any atom is -0.354 e. The number of amides is 1. The second-order valence-corrected chi connectivity index (χ2v) is 6.79. The minimum absolute atomic E-state index is 0.172. The van der Waals surface area contributed by atoms with Crippen LogP contribution in [0.25, 0.3) is 11.3 Å². The Morgan fingerprint density at radius 2 is 0.867 bits per heavy atom. The molecule has 0 unspecified atom stereocenters. The van der Waals surface area contributed by atoms with Gasteiger partial charge in [-0.05, 0) is 35.4 Å². The molecule has 30 heavy (non-hydrogen) atoms. The number of carbonyl (C=O) groups is 1. The number of hydrogen-bond acceptors (Lipinski definition) is 2. The summed E-state index contributed by atoms with van der Waals surface area (Å²) in [6.07, 6.45) is 0. The average molecular weight is 390 g/mol. The van der Waals surface area contributed by atoms with E-state index in [9.17, 15) is 4.79 Å². The molecule has 4 rings (SSSR count). The van der Waals surface area contributed by atoms with Crippen LogP contribution in [0.2, 0.25) is 0 Å². The lowest BCUT2D eigenvalue weighted by Crippen LogP contribution is -2.17. The van der Waals surface area contributed by atoms with Gasteiger partial charge in [0.15, 0.2) is 0 Å². The van der Waals surface area contributed by atoms with E-state index in [4.69, 9.17) is 0 Å². The molecular weight excluding hydrogens is 368 g/mol. The monoisotopic (exact) mass is 390 g/mol. The molecule has 0 aliphatic carbocycles. The van der Waals surface area contributed by atoms with Crippen molar-refractivity contribution in [1.29, 1.82) is 0 Å². The van der Waals surface area contributed by atoms with E-state index in [2.05, 4.69) is 10.6 Å². The number of nitrogens with one attached hydrogen (secondary N) is 2. The summed E-state index contributed by atoms with van der Waals surface area (Å²) in [7, 11) is 0. The molecule has 3 nitrogen and oxygen atoms in total. The summed E-state index contributed by atoms with van der Waals surface area (Å²) < 4.78 is 0. The number of para-hydroxylation sites is 2. The van der Waals surface area contributed by atoms with Crippen LogP contribution in [0.3, 0.4) is 0 Å². The molecule has 146 valence electrons. The molecule has 0 saturated heterocycles. The lowest BCUT2D eigenvalue weighted by Gasteiger charge is -2.18. The molecule has 3 heteroatoms. The summed E-state index contributed by atoms with van der Waals surface area (Å²) in [5.41, 5.74) is 4.77. The zero-order valence-electron chi connectivity index (χ0n) is 16.5. The van der Waals surface area contributed by atoms with E-state index in [1.807, 2.05) is 121 Å². The molecule has 0 aliphatic rings. The maximum absolute atomic E-state index is 13.5. The van der Waals surface area contributed by atoms with Crippen LogP contribution < -0.4 is 10.6 Å². The van der Waals surface area contributed by atoms with Crippen LogP contribution in [0.1, 0.15) is 11.1 Å². The van der Waals surface area contributed by atoms with Gasteiger partial charge >= 0.3 is 0 Å². The molecule has 4 aromatic carbocycles. The predicted octanol–water partition coefficient (Wildman–Crippen LogP) is 6.31. The third kappa shape index (κ3) is 4.65. The Bertz CT molecular complexity index is 1120. The van der Waals surface area contributed by atoms with E-state index in [0.29, 0.717) is 5.57 Å². The largest absolute Gasteiger partial charge is 0.354 e. The van der Waals surface area contributed by atoms with Gasteiger partial charge in [-0.2, -0.15) is 0 Å². The molecule has 0 fully saturated rings. The Balaban J connectivity index is 1.87. The van der Waals surface area contributed by atoms with Crippen molar-refractivity contribution in [2.45, 2.75) is 0 Å². The lowest BCUT2D eigenvalue weighted by molar-refractivity contribution is -0.111. The second-order valence-electron chi connectivity index (χ2n) is 6.79. The Morgan fingerprint density at radius 1 is 0.467 bits per heavy atom. The van der Waals surface area contributed by atoms with Gasteiger partial charge in [0, 0.05) is 11.4 Å². The van der Waals surface area contributed by atoms with E-state index >= 15 is 0 Å². The van der Waals surface area contributed by atoms with Crippen molar-refractivity contribution in [3.63, 3.8) is 0 Å². The third-order valence-corrected chi connectivity index (χ3v) is 4.68. The second kappa shape index (κ2) is 9.39. The van der Waals surface area contributed by atoms with Crippen LogP contribution >= 0.6 is 0 Å². The van der Waals surface area contributed by atoms with Gasteiger partial charge in [-0.25, -0.2) is 0 Å². The molecule has 0 aliphatic heterocycles. The first-order valence-corrected chi connectivity index (χ1v) is 9.85. The molecule has 0 heterocycles. The molecule has 0 saturated carbocycles. The van der Waals surface area contributed by atoms with Crippen molar-refractivity contribution in [1.82, 2.24) is 0 Å². The normalized spacial score (nSPS) is 11.3. The van der Waals surface area contributed by atoms with E-state index < -0.39 is 0 Å². The summed E-state index contributed by atoms with van der Waals surface area (Å²) in [5.74, 6) is -0.172. The van der Waals surface area contributed by atoms with E-state index in [1.165, 1.54) is 0 Å². The van der Waals surface area contributed by atoms with Crippen molar-refractivity contribution in [3.8, 4) is 0 Å².